The lowest BCUT2D eigenvalue weighted by molar-refractivity contribution is -0.139. The Morgan fingerprint density at radius 3 is 3.07 bits per heavy atom. The summed E-state index contributed by atoms with van der Waals surface area (Å²) in [6, 6.07) is 1.44. The average Bonchev–Trinajstić information content (AvgIpc) is 2.23. The van der Waals surface area contributed by atoms with Gasteiger partial charge in [0.15, 0.2) is 0 Å². The number of pyridine rings is 1. The van der Waals surface area contributed by atoms with Crippen molar-refractivity contribution in [1.82, 2.24) is 4.98 Å². The van der Waals surface area contributed by atoms with E-state index in [2.05, 4.69) is 9.72 Å². The summed E-state index contributed by atoms with van der Waals surface area (Å²) >= 11 is 0. The van der Waals surface area contributed by atoms with Gasteiger partial charge in [-0.05, 0) is 11.6 Å². The molecule has 1 aromatic heterocycles. The van der Waals surface area contributed by atoms with Crippen molar-refractivity contribution in [2.45, 2.75) is 6.42 Å². The number of nitrogen functional groups attached to an aromatic ring is 1. The largest absolute Gasteiger partial charge is 0.469 e. The van der Waals surface area contributed by atoms with E-state index in [0.29, 0.717) is 5.56 Å². The van der Waals surface area contributed by atoms with Crippen molar-refractivity contribution in [3.05, 3.63) is 29.9 Å². The zero-order valence-electron chi connectivity index (χ0n) is 8.24. The zero-order valence-corrected chi connectivity index (χ0v) is 8.24. The topological polar surface area (TPSA) is 65.2 Å². The van der Waals surface area contributed by atoms with Gasteiger partial charge in [0.25, 0.3) is 0 Å². The number of rotatable bonds is 3. The predicted octanol–water partition coefficient (Wildman–Crippen LogP) is 1.38. The Balaban J connectivity index is 2.65. The van der Waals surface area contributed by atoms with Gasteiger partial charge in [0.1, 0.15) is 0 Å². The predicted molar refractivity (Wildman–Crippen MR) is 54.3 cm³/mol. The Bertz CT molecular complexity index is 391. The maximum absolute atomic E-state index is 12.7. The van der Waals surface area contributed by atoms with Gasteiger partial charge in [-0.15, -0.1) is 0 Å². The summed E-state index contributed by atoms with van der Waals surface area (Å²) in [6.45, 7) is 0. The summed E-state index contributed by atoms with van der Waals surface area (Å²) in [5.74, 6) is -1.03. The third kappa shape index (κ3) is 3.38. The van der Waals surface area contributed by atoms with Gasteiger partial charge in [-0.3, -0.25) is 4.79 Å². The Kier molecular flexibility index (Phi) is 3.79. The van der Waals surface area contributed by atoms with Gasteiger partial charge in [-0.2, -0.15) is 4.39 Å². The van der Waals surface area contributed by atoms with Crippen LogP contribution in [0.4, 0.5) is 10.1 Å². The highest BCUT2D eigenvalue weighted by Crippen LogP contribution is 2.10. The molecule has 0 aliphatic heterocycles. The van der Waals surface area contributed by atoms with E-state index in [4.69, 9.17) is 5.73 Å². The molecule has 5 heteroatoms. The number of nitrogens with two attached hydrogens (primary N) is 1. The van der Waals surface area contributed by atoms with E-state index >= 15 is 0 Å². The molecule has 80 valence electrons. The van der Waals surface area contributed by atoms with E-state index in [1.54, 1.807) is 12.2 Å². The van der Waals surface area contributed by atoms with Crippen molar-refractivity contribution in [2.24, 2.45) is 0 Å². The molecule has 15 heavy (non-hydrogen) atoms. The van der Waals surface area contributed by atoms with Gasteiger partial charge >= 0.3 is 5.97 Å². The summed E-state index contributed by atoms with van der Waals surface area (Å²) in [6.07, 6.45) is 4.72. The fourth-order valence-corrected chi connectivity index (χ4v) is 0.948. The molecule has 0 aromatic carbocycles. The number of methoxy groups -OCH3 is 1. The lowest BCUT2D eigenvalue weighted by Gasteiger charge is -1.97. The van der Waals surface area contributed by atoms with E-state index in [1.165, 1.54) is 19.4 Å². The summed E-state index contributed by atoms with van der Waals surface area (Å²) in [4.78, 5) is 14.2. The van der Waals surface area contributed by atoms with Gasteiger partial charge in [0, 0.05) is 6.20 Å². The highest BCUT2D eigenvalue weighted by atomic mass is 19.1. The number of esters is 1. The number of hydrogen-bond donors (Lipinski definition) is 1. The fourth-order valence-electron chi connectivity index (χ4n) is 0.948. The van der Waals surface area contributed by atoms with Crippen LogP contribution in [0.5, 0.6) is 0 Å². The van der Waals surface area contributed by atoms with E-state index in [1.807, 2.05) is 0 Å². The molecule has 1 heterocycles. The fraction of sp³-hybridized carbons (Fsp3) is 0.200. The molecule has 0 spiro atoms. The maximum Gasteiger partial charge on any atom is 0.309 e. The Morgan fingerprint density at radius 2 is 2.47 bits per heavy atom. The van der Waals surface area contributed by atoms with Crippen LogP contribution >= 0.6 is 0 Å². The smallest absolute Gasteiger partial charge is 0.309 e. The molecule has 2 N–H and O–H groups in total. The molecule has 0 unspecified atom stereocenters. The lowest BCUT2D eigenvalue weighted by atomic mass is 10.2. The second-order valence-electron chi connectivity index (χ2n) is 2.83. The van der Waals surface area contributed by atoms with Crippen LogP contribution in [0.15, 0.2) is 18.3 Å². The quantitative estimate of drug-likeness (QED) is 0.604. The van der Waals surface area contributed by atoms with E-state index in [9.17, 15) is 9.18 Å². The average molecular weight is 210 g/mol. The molecule has 4 nitrogen and oxygen atoms in total. The number of hydrogen-bond acceptors (Lipinski definition) is 4. The van der Waals surface area contributed by atoms with Crippen molar-refractivity contribution in [3.8, 4) is 0 Å². The molecular formula is C10H11FN2O2. The third-order valence-electron chi connectivity index (χ3n) is 1.71. The minimum absolute atomic E-state index is 0.0183. The normalized spacial score (nSPS) is 10.5. The summed E-state index contributed by atoms with van der Waals surface area (Å²) < 4.78 is 17.1. The van der Waals surface area contributed by atoms with Crippen molar-refractivity contribution in [2.75, 3.05) is 12.8 Å². The highest BCUT2D eigenvalue weighted by Gasteiger charge is 1.99. The highest BCUT2D eigenvalue weighted by molar-refractivity contribution is 5.72. The number of nitrogens with zero attached hydrogens (tertiary/aromatic N) is 1. The zero-order chi connectivity index (χ0) is 11.3. The molecule has 1 rings (SSSR count). The van der Waals surface area contributed by atoms with Crippen LogP contribution in [0.2, 0.25) is 0 Å². The van der Waals surface area contributed by atoms with Gasteiger partial charge in [-0.1, -0.05) is 12.2 Å². The third-order valence-corrected chi connectivity index (χ3v) is 1.71. The van der Waals surface area contributed by atoms with Crippen molar-refractivity contribution >= 4 is 17.7 Å². The second-order valence-corrected chi connectivity index (χ2v) is 2.83. The number of ether oxygens (including phenoxy) is 1. The molecular weight excluding hydrogens is 199 g/mol. The van der Waals surface area contributed by atoms with Crippen LogP contribution in [0, 0.1) is 5.95 Å². The molecule has 0 saturated heterocycles. The summed E-state index contributed by atoms with van der Waals surface area (Å²) in [5, 5.41) is 0. The Labute approximate surface area is 86.6 Å². The molecule has 0 amide bonds. The monoisotopic (exact) mass is 210 g/mol. The first-order valence-electron chi connectivity index (χ1n) is 4.28. The van der Waals surface area contributed by atoms with Crippen LogP contribution in [0.1, 0.15) is 12.0 Å². The number of aromatic nitrogens is 1. The van der Waals surface area contributed by atoms with Gasteiger partial charge < -0.3 is 10.5 Å². The van der Waals surface area contributed by atoms with E-state index in [0.717, 1.165) is 0 Å². The first-order valence-corrected chi connectivity index (χ1v) is 4.28. The van der Waals surface area contributed by atoms with Crippen molar-refractivity contribution in [1.29, 1.82) is 0 Å². The van der Waals surface area contributed by atoms with Gasteiger partial charge in [-0.25, -0.2) is 4.98 Å². The summed E-state index contributed by atoms with van der Waals surface area (Å²) in [5.41, 5.74) is 5.93. The Hall–Kier alpha value is -1.91. The van der Waals surface area contributed by atoms with Gasteiger partial charge in [0.2, 0.25) is 5.95 Å². The van der Waals surface area contributed by atoms with Crippen molar-refractivity contribution < 1.29 is 13.9 Å². The molecule has 0 fully saturated rings. The molecule has 0 aliphatic carbocycles. The van der Waals surface area contributed by atoms with Crippen LogP contribution in [0.3, 0.4) is 0 Å². The van der Waals surface area contributed by atoms with Gasteiger partial charge in [0.05, 0.1) is 19.2 Å². The minimum atomic E-state index is -0.694. The SMILES string of the molecule is COC(=O)CC=Cc1cnc(F)c(N)c1. The van der Waals surface area contributed by atoms with Crippen LogP contribution in [-0.4, -0.2) is 18.1 Å². The van der Waals surface area contributed by atoms with Crippen LogP contribution in [-0.2, 0) is 9.53 Å². The molecule has 0 atom stereocenters. The number of anilines is 1. The number of carbonyl (C=O) groups excluding carboxylic acids is 1. The van der Waals surface area contributed by atoms with E-state index in [-0.39, 0.29) is 18.1 Å². The summed E-state index contributed by atoms with van der Waals surface area (Å²) in [7, 11) is 1.31. The minimum Gasteiger partial charge on any atom is -0.469 e. The molecule has 0 radical (unpaired) electrons. The first kappa shape index (κ1) is 11.2. The van der Waals surface area contributed by atoms with E-state index < -0.39 is 5.95 Å². The lowest BCUT2D eigenvalue weighted by Crippen LogP contribution is -1.97. The number of carbonyl (C=O) groups is 1. The molecule has 0 aliphatic rings. The van der Waals surface area contributed by atoms with Crippen LogP contribution < -0.4 is 5.73 Å². The maximum atomic E-state index is 12.7. The molecule has 0 bridgehead atoms. The van der Waals surface area contributed by atoms with Crippen LogP contribution in [0.25, 0.3) is 6.08 Å². The second kappa shape index (κ2) is 5.09. The molecule has 0 saturated carbocycles. The standard InChI is InChI=1S/C10H11FN2O2/c1-15-9(14)4-2-3-7-5-8(12)10(11)13-6-7/h2-3,5-6H,4,12H2,1H3. The first-order chi connectivity index (χ1) is 7.13. The molecule has 1 aromatic rings. The Morgan fingerprint density at radius 1 is 1.73 bits per heavy atom. The number of halogens is 1. The van der Waals surface area contributed by atoms with Crippen molar-refractivity contribution in [3.63, 3.8) is 0 Å².